The van der Waals surface area contributed by atoms with Crippen LogP contribution < -0.4 is 0 Å². The number of aromatic hydroxyl groups is 1. The average molecular weight is 230 g/mol. The highest BCUT2D eigenvalue weighted by atomic mass is 19.1. The van der Waals surface area contributed by atoms with E-state index in [1.54, 1.807) is 6.07 Å². The number of hydrogen-bond acceptors (Lipinski definition) is 1. The van der Waals surface area contributed by atoms with Gasteiger partial charge in [0.1, 0.15) is 0 Å². The summed E-state index contributed by atoms with van der Waals surface area (Å²) < 4.78 is 13.4. The van der Waals surface area contributed by atoms with Crippen LogP contribution in [0.1, 0.15) is 16.7 Å². The molecule has 0 saturated carbocycles. The van der Waals surface area contributed by atoms with Crippen LogP contribution in [0, 0.1) is 26.6 Å². The molecule has 2 heteroatoms. The fourth-order valence-electron chi connectivity index (χ4n) is 2.03. The van der Waals surface area contributed by atoms with E-state index in [9.17, 15) is 9.50 Å². The number of benzene rings is 2. The third-order valence-corrected chi connectivity index (χ3v) is 3.21. The van der Waals surface area contributed by atoms with Crippen LogP contribution in [0.4, 0.5) is 4.39 Å². The molecule has 88 valence electrons. The Bertz CT molecular complexity index is 573. The summed E-state index contributed by atoms with van der Waals surface area (Å²) in [6.45, 7) is 5.86. The van der Waals surface area contributed by atoms with Gasteiger partial charge >= 0.3 is 0 Å². The van der Waals surface area contributed by atoms with Crippen molar-refractivity contribution in [3.63, 3.8) is 0 Å². The molecule has 0 bridgehead atoms. The van der Waals surface area contributed by atoms with Crippen LogP contribution in [0.5, 0.6) is 5.75 Å². The second-order valence-corrected chi connectivity index (χ2v) is 4.34. The Morgan fingerprint density at radius 1 is 0.941 bits per heavy atom. The van der Waals surface area contributed by atoms with Gasteiger partial charge in [-0.2, -0.15) is 0 Å². The number of hydrogen-bond donors (Lipinski definition) is 1. The van der Waals surface area contributed by atoms with Gasteiger partial charge in [0.15, 0.2) is 11.6 Å². The highest BCUT2D eigenvalue weighted by Gasteiger charge is 2.14. The van der Waals surface area contributed by atoms with Crippen LogP contribution in [-0.2, 0) is 0 Å². The van der Waals surface area contributed by atoms with Gasteiger partial charge in [0.05, 0.1) is 0 Å². The number of phenolic OH excluding ortho intramolecular Hbond substituents is 1. The van der Waals surface area contributed by atoms with Crippen molar-refractivity contribution in [2.45, 2.75) is 20.8 Å². The first-order valence-electron chi connectivity index (χ1n) is 5.57. The molecule has 0 unspecified atom stereocenters. The first-order chi connectivity index (χ1) is 8.02. The van der Waals surface area contributed by atoms with E-state index in [1.165, 1.54) is 6.07 Å². The van der Waals surface area contributed by atoms with Crippen molar-refractivity contribution in [1.29, 1.82) is 0 Å². The molecule has 2 aromatic carbocycles. The lowest BCUT2D eigenvalue weighted by atomic mass is 9.93. The first kappa shape index (κ1) is 11.6. The van der Waals surface area contributed by atoms with Crippen molar-refractivity contribution in [1.82, 2.24) is 0 Å². The van der Waals surface area contributed by atoms with Gasteiger partial charge < -0.3 is 5.11 Å². The number of halogens is 1. The molecule has 1 nitrogen and oxygen atoms in total. The van der Waals surface area contributed by atoms with E-state index >= 15 is 0 Å². The van der Waals surface area contributed by atoms with Gasteiger partial charge in [0.2, 0.25) is 0 Å². The SMILES string of the molecule is Cc1cccc(-c2c(C)ccc(F)c2O)c1C. The summed E-state index contributed by atoms with van der Waals surface area (Å²) >= 11 is 0. The molecule has 0 aliphatic rings. The summed E-state index contributed by atoms with van der Waals surface area (Å²) in [7, 11) is 0. The zero-order valence-corrected chi connectivity index (χ0v) is 10.2. The Kier molecular flexibility index (Phi) is 2.88. The molecule has 2 rings (SSSR count). The van der Waals surface area contributed by atoms with E-state index in [-0.39, 0.29) is 5.75 Å². The van der Waals surface area contributed by atoms with Gasteiger partial charge in [0, 0.05) is 5.56 Å². The largest absolute Gasteiger partial charge is 0.504 e. The van der Waals surface area contributed by atoms with Gasteiger partial charge in [0.25, 0.3) is 0 Å². The number of aryl methyl sites for hydroxylation is 2. The number of rotatable bonds is 1. The molecule has 0 atom stereocenters. The molecule has 0 radical (unpaired) electrons. The monoisotopic (exact) mass is 230 g/mol. The molecular weight excluding hydrogens is 215 g/mol. The summed E-state index contributed by atoms with van der Waals surface area (Å²) in [6, 6.07) is 8.81. The molecule has 1 N–H and O–H groups in total. The van der Waals surface area contributed by atoms with Gasteiger partial charge in [-0.15, -0.1) is 0 Å². The lowest BCUT2D eigenvalue weighted by Gasteiger charge is -2.13. The van der Waals surface area contributed by atoms with E-state index in [0.29, 0.717) is 5.56 Å². The van der Waals surface area contributed by atoms with Crippen molar-refractivity contribution in [3.05, 3.63) is 52.8 Å². The van der Waals surface area contributed by atoms with Crippen LogP contribution in [0.25, 0.3) is 11.1 Å². The summed E-state index contributed by atoms with van der Waals surface area (Å²) in [6.07, 6.45) is 0. The van der Waals surface area contributed by atoms with E-state index < -0.39 is 5.82 Å². The Labute approximate surface area is 101 Å². The second-order valence-electron chi connectivity index (χ2n) is 4.34. The normalized spacial score (nSPS) is 10.6. The lowest BCUT2D eigenvalue weighted by Crippen LogP contribution is -1.92. The summed E-state index contributed by atoms with van der Waals surface area (Å²) in [5.74, 6) is -0.842. The molecule has 0 saturated heterocycles. The number of phenols is 1. The first-order valence-corrected chi connectivity index (χ1v) is 5.57. The van der Waals surface area contributed by atoms with Crippen LogP contribution in [0.15, 0.2) is 30.3 Å². The van der Waals surface area contributed by atoms with E-state index in [2.05, 4.69) is 0 Å². The summed E-state index contributed by atoms with van der Waals surface area (Å²) in [4.78, 5) is 0. The zero-order chi connectivity index (χ0) is 12.6. The Balaban J connectivity index is 2.77. The predicted octanol–water partition coefficient (Wildman–Crippen LogP) is 4.12. The zero-order valence-electron chi connectivity index (χ0n) is 10.2. The van der Waals surface area contributed by atoms with E-state index in [4.69, 9.17) is 0 Å². The summed E-state index contributed by atoms with van der Waals surface area (Å²) in [5.41, 5.74) is 4.55. The predicted molar refractivity (Wildman–Crippen MR) is 67.7 cm³/mol. The molecule has 0 aromatic heterocycles. The molecule has 0 aliphatic heterocycles. The van der Waals surface area contributed by atoms with Crippen LogP contribution in [-0.4, -0.2) is 5.11 Å². The lowest BCUT2D eigenvalue weighted by molar-refractivity contribution is 0.434. The van der Waals surface area contributed by atoms with Crippen molar-refractivity contribution in [2.24, 2.45) is 0 Å². The van der Waals surface area contributed by atoms with Gasteiger partial charge in [-0.25, -0.2) is 4.39 Å². The fourth-order valence-corrected chi connectivity index (χ4v) is 2.03. The Morgan fingerprint density at radius 2 is 1.65 bits per heavy atom. The third-order valence-electron chi connectivity index (χ3n) is 3.21. The molecule has 0 heterocycles. The Hall–Kier alpha value is -1.83. The molecule has 0 spiro atoms. The average Bonchev–Trinajstić information content (AvgIpc) is 2.30. The smallest absolute Gasteiger partial charge is 0.165 e. The summed E-state index contributed by atoms with van der Waals surface area (Å²) in [5, 5.41) is 9.87. The fraction of sp³-hybridized carbons (Fsp3) is 0.200. The molecule has 2 aromatic rings. The molecule has 0 fully saturated rings. The molecule has 17 heavy (non-hydrogen) atoms. The van der Waals surface area contributed by atoms with Gasteiger partial charge in [-0.3, -0.25) is 0 Å². The van der Waals surface area contributed by atoms with Crippen LogP contribution >= 0.6 is 0 Å². The minimum atomic E-state index is -0.577. The highest BCUT2D eigenvalue weighted by Crippen LogP contribution is 2.36. The third kappa shape index (κ3) is 1.91. The molecule has 0 aliphatic carbocycles. The maximum atomic E-state index is 13.4. The van der Waals surface area contributed by atoms with Crippen LogP contribution in [0.3, 0.4) is 0 Å². The standard InChI is InChI=1S/C15H15FO/c1-9-5-4-6-12(11(9)3)14-10(2)7-8-13(16)15(14)17/h4-8,17H,1-3H3. The second kappa shape index (κ2) is 4.21. The van der Waals surface area contributed by atoms with Crippen LogP contribution in [0.2, 0.25) is 0 Å². The van der Waals surface area contributed by atoms with Crippen molar-refractivity contribution < 1.29 is 9.50 Å². The minimum Gasteiger partial charge on any atom is -0.504 e. The Morgan fingerprint density at radius 3 is 2.35 bits per heavy atom. The topological polar surface area (TPSA) is 20.2 Å². The van der Waals surface area contributed by atoms with Crippen molar-refractivity contribution in [2.75, 3.05) is 0 Å². The van der Waals surface area contributed by atoms with E-state index in [0.717, 1.165) is 22.3 Å². The molecular formula is C15H15FO. The maximum Gasteiger partial charge on any atom is 0.165 e. The van der Waals surface area contributed by atoms with E-state index in [1.807, 2.05) is 39.0 Å². The van der Waals surface area contributed by atoms with Crippen molar-refractivity contribution in [3.8, 4) is 16.9 Å². The highest BCUT2D eigenvalue weighted by molar-refractivity contribution is 5.76. The quantitative estimate of drug-likeness (QED) is 0.781. The minimum absolute atomic E-state index is 0.265. The van der Waals surface area contributed by atoms with Crippen molar-refractivity contribution >= 4 is 0 Å². The van der Waals surface area contributed by atoms with Gasteiger partial charge in [-0.05, 0) is 49.1 Å². The van der Waals surface area contributed by atoms with Gasteiger partial charge in [-0.1, -0.05) is 24.3 Å². The molecule has 0 amide bonds. The maximum absolute atomic E-state index is 13.4.